The molecular formula is C39H38IrN2-2. The Morgan fingerprint density at radius 3 is 2.21 bits per heavy atom. The van der Waals surface area contributed by atoms with Gasteiger partial charge in [-0.3, -0.25) is 0 Å². The van der Waals surface area contributed by atoms with Gasteiger partial charge < -0.3 is 9.97 Å². The molecule has 0 N–H and O–H groups in total. The van der Waals surface area contributed by atoms with Crippen LogP contribution in [-0.4, -0.2) is 9.97 Å². The molecule has 0 saturated heterocycles. The number of rotatable bonds is 3. The van der Waals surface area contributed by atoms with Crippen LogP contribution < -0.4 is 0 Å². The van der Waals surface area contributed by atoms with E-state index in [1.165, 1.54) is 73.6 Å². The molecule has 2 aliphatic carbocycles. The van der Waals surface area contributed by atoms with E-state index in [4.69, 9.17) is 0 Å². The smallest absolute Gasteiger partial charge is 0.0190 e. The minimum absolute atomic E-state index is 0. The van der Waals surface area contributed by atoms with E-state index < -0.39 is 0 Å². The third-order valence-electron chi connectivity index (χ3n) is 8.84. The van der Waals surface area contributed by atoms with Crippen molar-refractivity contribution in [2.45, 2.75) is 65.2 Å². The second kappa shape index (κ2) is 13.7. The van der Waals surface area contributed by atoms with E-state index in [0.29, 0.717) is 5.41 Å². The Balaban J connectivity index is 0.000000200. The van der Waals surface area contributed by atoms with Crippen molar-refractivity contribution in [3.05, 3.63) is 132 Å². The third-order valence-corrected chi connectivity index (χ3v) is 8.84. The van der Waals surface area contributed by atoms with E-state index in [1.54, 1.807) is 11.1 Å². The Morgan fingerprint density at radius 2 is 1.48 bits per heavy atom. The molecule has 0 unspecified atom stereocenters. The van der Waals surface area contributed by atoms with E-state index >= 15 is 0 Å². The quantitative estimate of drug-likeness (QED) is 0.173. The molecule has 0 atom stereocenters. The van der Waals surface area contributed by atoms with Crippen LogP contribution in [0.1, 0.15) is 60.8 Å². The summed E-state index contributed by atoms with van der Waals surface area (Å²) >= 11 is 0. The maximum atomic E-state index is 4.55. The fourth-order valence-corrected chi connectivity index (χ4v) is 6.43. The molecule has 0 amide bonds. The van der Waals surface area contributed by atoms with Gasteiger partial charge in [0, 0.05) is 32.5 Å². The molecule has 42 heavy (non-hydrogen) atoms. The Labute approximate surface area is 265 Å². The number of benzene rings is 3. The number of pyridine rings is 2. The Kier molecular flexibility index (Phi) is 9.83. The van der Waals surface area contributed by atoms with Gasteiger partial charge in [0.05, 0.1) is 0 Å². The van der Waals surface area contributed by atoms with Gasteiger partial charge in [0.25, 0.3) is 0 Å². The molecule has 3 heteroatoms. The summed E-state index contributed by atoms with van der Waals surface area (Å²) in [6.07, 6.45) is 14.9. The zero-order chi connectivity index (χ0) is 28.1. The van der Waals surface area contributed by atoms with Crippen LogP contribution in [-0.2, 0) is 32.9 Å². The van der Waals surface area contributed by atoms with Crippen molar-refractivity contribution in [1.82, 2.24) is 9.97 Å². The molecule has 7 rings (SSSR count). The van der Waals surface area contributed by atoms with Crippen LogP contribution in [0.5, 0.6) is 0 Å². The second-order valence-corrected chi connectivity index (χ2v) is 11.9. The van der Waals surface area contributed by atoms with Crippen molar-refractivity contribution in [1.29, 1.82) is 0 Å². The first-order valence-electron chi connectivity index (χ1n) is 15.0. The molecule has 2 aliphatic rings. The van der Waals surface area contributed by atoms with E-state index in [9.17, 15) is 0 Å². The summed E-state index contributed by atoms with van der Waals surface area (Å²) in [5, 5.41) is 0. The van der Waals surface area contributed by atoms with Gasteiger partial charge in [0.15, 0.2) is 0 Å². The minimum Gasteiger partial charge on any atom is -0.305 e. The van der Waals surface area contributed by atoms with Gasteiger partial charge in [-0.05, 0) is 89.7 Å². The largest absolute Gasteiger partial charge is 0.305 e. The van der Waals surface area contributed by atoms with Crippen molar-refractivity contribution >= 4 is 0 Å². The van der Waals surface area contributed by atoms with Crippen molar-refractivity contribution in [3.63, 3.8) is 0 Å². The van der Waals surface area contributed by atoms with Gasteiger partial charge >= 0.3 is 0 Å². The molecular weight excluding hydrogens is 689 g/mol. The normalized spacial score (nSPS) is 15.1. The van der Waals surface area contributed by atoms with Crippen LogP contribution in [0, 0.1) is 31.4 Å². The molecule has 1 radical (unpaired) electrons. The first-order chi connectivity index (χ1) is 20.1. The summed E-state index contributed by atoms with van der Waals surface area (Å²) in [6, 6.07) is 36.2. The Morgan fingerprint density at radius 1 is 0.667 bits per heavy atom. The summed E-state index contributed by atoms with van der Waals surface area (Å²) in [5.74, 6) is 0. The molecule has 215 valence electrons. The SMILES string of the molecule is Cc1c[c-]c(-c2ccc(C)cn2)cc1.[Ir].[c-]1ccccc1-c1cc(-c2ccc3c(c2)CCC2(CCCCC2)C3)ccn1. The van der Waals surface area contributed by atoms with Gasteiger partial charge in [-0.15, -0.1) is 71.3 Å². The molecule has 5 aromatic rings. The van der Waals surface area contributed by atoms with Crippen LogP contribution >= 0.6 is 0 Å². The molecule has 1 fully saturated rings. The molecule has 0 bridgehead atoms. The summed E-state index contributed by atoms with van der Waals surface area (Å²) in [6.45, 7) is 4.10. The van der Waals surface area contributed by atoms with Gasteiger partial charge in [-0.1, -0.05) is 62.6 Å². The zero-order valence-electron chi connectivity index (χ0n) is 24.6. The number of fused-ring (bicyclic) bond motifs is 1. The maximum absolute atomic E-state index is 4.55. The number of hydrogen-bond acceptors (Lipinski definition) is 2. The summed E-state index contributed by atoms with van der Waals surface area (Å²) in [7, 11) is 0. The van der Waals surface area contributed by atoms with Gasteiger partial charge in [0.2, 0.25) is 0 Å². The Bertz CT molecular complexity index is 1540. The molecule has 0 aliphatic heterocycles. The predicted molar refractivity (Wildman–Crippen MR) is 169 cm³/mol. The fourth-order valence-electron chi connectivity index (χ4n) is 6.43. The van der Waals surface area contributed by atoms with E-state index in [1.807, 2.05) is 55.7 Å². The molecule has 1 saturated carbocycles. The van der Waals surface area contributed by atoms with E-state index in [2.05, 4.69) is 77.6 Å². The van der Waals surface area contributed by atoms with Gasteiger partial charge in [-0.2, -0.15) is 0 Å². The summed E-state index contributed by atoms with van der Waals surface area (Å²) < 4.78 is 0. The van der Waals surface area contributed by atoms with E-state index in [-0.39, 0.29) is 20.1 Å². The van der Waals surface area contributed by atoms with Crippen LogP contribution in [0.4, 0.5) is 0 Å². The molecule has 2 aromatic heterocycles. The zero-order valence-corrected chi connectivity index (χ0v) is 27.0. The number of hydrogen-bond donors (Lipinski definition) is 0. The van der Waals surface area contributed by atoms with Crippen LogP contribution in [0.3, 0.4) is 0 Å². The average Bonchev–Trinajstić information content (AvgIpc) is 3.03. The van der Waals surface area contributed by atoms with E-state index in [0.717, 1.165) is 22.5 Å². The average molecular weight is 727 g/mol. The predicted octanol–water partition coefficient (Wildman–Crippen LogP) is 9.82. The van der Waals surface area contributed by atoms with Crippen molar-refractivity contribution in [2.75, 3.05) is 0 Å². The third kappa shape index (κ3) is 7.14. The number of aryl methyl sites for hydroxylation is 3. The maximum Gasteiger partial charge on any atom is 0.0190 e. The first kappa shape index (κ1) is 30.1. The van der Waals surface area contributed by atoms with Crippen molar-refractivity contribution in [3.8, 4) is 33.6 Å². The molecule has 2 nitrogen and oxygen atoms in total. The van der Waals surface area contributed by atoms with Gasteiger partial charge in [0.1, 0.15) is 0 Å². The van der Waals surface area contributed by atoms with Crippen LogP contribution in [0.2, 0.25) is 0 Å². The summed E-state index contributed by atoms with van der Waals surface area (Å²) in [5.41, 5.74) is 12.8. The first-order valence-corrected chi connectivity index (χ1v) is 15.0. The second-order valence-electron chi connectivity index (χ2n) is 11.9. The van der Waals surface area contributed by atoms with Crippen LogP contribution in [0.15, 0.2) is 97.3 Å². The Hall–Kier alpha value is -3.39. The molecule has 1 spiro atoms. The molecule has 2 heterocycles. The minimum atomic E-state index is 0. The number of nitrogens with zero attached hydrogens (tertiary/aromatic N) is 2. The fraction of sp³-hybridized carbons (Fsp3) is 0.282. The van der Waals surface area contributed by atoms with Crippen molar-refractivity contribution in [2.24, 2.45) is 5.41 Å². The van der Waals surface area contributed by atoms with Crippen molar-refractivity contribution < 1.29 is 20.1 Å². The monoisotopic (exact) mass is 727 g/mol. The standard InChI is InChI=1S/C26H26N.C13H12N.Ir/c1-3-7-20(8-4-1)25-18-23(12-16-27-25)21-9-10-24-19-26(13-5-2-6-14-26)15-11-22(24)17-21;1-10-3-6-12(7-4-10)13-8-5-11(2)9-14-13;/h1,3-4,7,9-10,12,16-18H,2,5-6,11,13-15,19H2;3-6,8-9H,1-2H3;/q2*-1;. The summed E-state index contributed by atoms with van der Waals surface area (Å²) in [4.78, 5) is 8.90. The van der Waals surface area contributed by atoms with Gasteiger partial charge in [-0.25, -0.2) is 0 Å². The topological polar surface area (TPSA) is 25.8 Å². The van der Waals surface area contributed by atoms with Crippen LogP contribution in [0.25, 0.3) is 33.6 Å². The molecule has 3 aromatic carbocycles. The number of aromatic nitrogens is 2.